The van der Waals surface area contributed by atoms with Crippen LogP contribution < -0.4 is 11.1 Å². The summed E-state index contributed by atoms with van der Waals surface area (Å²) in [6.45, 7) is 0. The van der Waals surface area contributed by atoms with Gasteiger partial charge < -0.3 is 21.3 Å². The smallest absolute Gasteiger partial charge is 0.259 e. The fraction of sp³-hybridized carbons (Fsp3) is 0.375. The lowest BCUT2D eigenvalue weighted by atomic mass is 9.96. The fourth-order valence-electron chi connectivity index (χ4n) is 3.15. The molecule has 0 radical (unpaired) electrons. The Labute approximate surface area is 143 Å². The van der Waals surface area contributed by atoms with Gasteiger partial charge in [-0.2, -0.15) is 19.5 Å². The van der Waals surface area contributed by atoms with Crippen LogP contribution in [0.5, 0.6) is 11.5 Å². The molecule has 1 aliphatic carbocycles. The van der Waals surface area contributed by atoms with Crippen LogP contribution in [-0.2, 0) is 0 Å². The third kappa shape index (κ3) is 3.12. The Bertz CT molecular complexity index is 898. The molecule has 0 spiro atoms. The first-order valence-electron chi connectivity index (χ1n) is 8.29. The lowest BCUT2D eigenvalue weighted by Gasteiger charge is -2.22. The first-order chi connectivity index (χ1) is 12.1. The van der Waals surface area contributed by atoms with Gasteiger partial charge >= 0.3 is 0 Å². The number of hydrogen-bond acceptors (Lipinski definition) is 8. The van der Waals surface area contributed by atoms with Crippen LogP contribution in [0.4, 0.5) is 11.9 Å². The molecule has 2 heterocycles. The zero-order valence-corrected chi connectivity index (χ0v) is 13.6. The minimum atomic E-state index is -0.0763. The summed E-state index contributed by atoms with van der Waals surface area (Å²) >= 11 is 0. The third-order valence-electron chi connectivity index (χ3n) is 4.33. The van der Waals surface area contributed by atoms with E-state index in [1.54, 1.807) is 0 Å². The molecule has 0 bridgehead atoms. The fourth-order valence-corrected chi connectivity index (χ4v) is 3.15. The van der Waals surface area contributed by atoms with Gasteiger partial charge in [-0.05, 0) is 25.0 Å². The highest BCUT2D eigenvalue weighted by molar-refractivity contribution is 5.62. The molecule has 130 valence electrons. The average molecular weight is 341 g/mol. The van der Waals surface area contributed by atoms with E-state index in [0.717, 1.165) is 12.8 Å². The van der Waals surface area contributed by atoms with Gasteiger partial charge in [-0.1, -0.05) is 19.3 Å². The van der Waals surface area contributed by atoms with E-state index in [1.807, 2.05) is 0 Å². The van der Waals surface area contributed by atoms with Gasteiger partial charge in [-0.3, -0.25) is 0 Å². The number of nitrogen functional groups attached to an aromatic ring is 1. The van der Waals surface area contributed by atoms with Crippen molar-refractivity contribution in [1.29, 1.82) is 0 Å². The Balaban J connectivity index is 1.69. The minimum absolute atomic E-state index is 0.0763. The highest BCUT2D eigenvalue weighted by atomic mass is 16.3. The summed E-state index contributed by atoms with van der Waals surface area (Å²) in [5, 5.41) is 26.8. The Kier molecular flexibility index (Phi) is 3.75. The first-order valence-corrected chi connectivity index (χ1v) is 8.29. The number of fused-ring (bicyclic) bond motifs is 1. The van der Waals surface area contributed by atoms with Crippen LogP contribution in [0.1, 0.15) is 32.1 Å². The number of aromatic hydroxyl groups is 2. The standard InChI is InChI=1S/C16H19N7O2/c17-14-20-15(18-10-4-2-1-3-5-10)21-16-19-13(22-23(14)16)9-6-11(24)8-12(25)7-9/h6-8,10,24-25H,1-5H2,(H3,17,18,19,20,21,22). The van der Waals surface area contributed by atoms with Crippen molar-refractivity contribution >= 4 is 17.7 Å². The van der Waals surface area contributed by atoms with Crippen molar-refractivity contribution in [2.75, 3.05) is 11.1 Å². The number of hydrogen-bond donors (Lipinski definition) is 4. The molecule has 1 aliphatic rings. The quantitative estimate of drug-likeness (QED) is 0.567. The van der Waals surface area contributed by atoms with Gasteiger partial charge in [0.1, 0.15) is 11.5 Å². The van der Waals surface area contributed by atoms with E-state index in [1.165, 1.54) is 42.0 Å². The monoisotopic (exact) mass is 341 g/mol. The molecule has 1 saturated carbocycles. The van der Waals surface area contributed by atoms with Gasteiger partial charge in [0.25, 0.3) is 5.78 Å². The van der Waals surface area contributed by atoms with Crippen LogP contribution in [0, 0.1) is 0 Å². The summed E-state index contributed by atoms with van der Waals surface area (Å²) in [7, 11) is 0. The molecule has 0 unspecified atom stereocenters. The summed E-state index contributed by atoms with van der Waals surface area (Å²) in [4.78, 5) is 13.0. The largest absolute Gasteiger partial charge is 0.508 e. The van der Waals surface area contributed by atoms with Crippen LogP contribution in [0.25, 0.3) is 17.2 Å². The van der Waals surface area contributed by atoms with Gasteiger partial charge in [0, 0.05) is 17.7 Å². The second kappa shape index (κ2) is 6.08. The van der Waals surface area contributed by atoms with Crippen molar-refractivity contribution in [3.05, 3.63) is 18.2 Å². The number of phenols is 2. The second-order valence-electron chi connectivity index (χ2n) is 6.27. The van der Waals surface area contributed by atoms with Gasteiger partial charge in [-0.25, -0.2) is 0 Å². The molecule has 0 atom stereocenters. The summed E-state index contributed by atoms with van der Waals surface area (Å²) in [6.07, 6.45) is 5.85. The number of anilines is 2. The SMILES string of the molecule is Nc1nc(NC2CCCCC2)nc2nc(-c3cc(O)cc(O)c3)nn12. The van der Waals surface area contributed by atoms with E-state index < -0.39 is 0 Å². The van der Waals surface area contributed by atoms with Crippen molar-refractivity contribution in [3.63, 3.8) is 0 Å². The van der Waals surface area contributed by atoms with E-state index >= 15 is 0 Å². The normalized spacial score (nSPS) is 15.5. The van der Waals surface area contributed by atoms with Crippen LogP contribution in [-0.4, -0.2) is 40.8 Å². The molecular weight excluding hydrogens is 322 g/mol. The van der Waals surface area contributed by atoms with Crippen molar-refractivity contribution in [2.24, 2.45) is 0 Å². The molecule has 0 amide bonds. The number of nitrogens with one attached hydrogen (secondary N) is 1. The number of benzene rings is 1. The zero-order chi connectivity index (χ0) is 17.4. The Morgan fingerprint density at radius 3 is 2.44 bits per heavy atom. The van der Waals surface area contributed by atoms with Gasteiger partial charge in [-0.15, -0.1) is 5.10 Å². The molecule has 9 heteroatoms. The third-order valence-corrected chi connectivity index (χ3v) is 4.33. The summed E-state index contributed by atoms with van der Waals surface area (Å²) in [5.41, 5.74) is 6.45. The lowest BCUT2D eigenvalue weighted by molar-refractivity contribution is 0.451. The minimum Gasteiger partial charge on any atom is -0.508 e. The van der Waals surface area contributed by atoms with E-state index in [-0.39, 0.29) is 17.4 Å². The van der Waals surface area contributed by atoms with Gasteiger partial charge in [0.15, 0.2) is 5.82 Å². The van der Waals surface area contributed by atoms with Gasteiger partial charge in [0.2, 0.25) is 11.9 Å². The van der Waals surface area contributed by atoms with Crippen molar-refractivity contribution in [3.8, 4) is 22.9 Å². The van der Waals surface area contributed by atoms with Crippen molar-refractivity contribution in [1.82, 2.24) is 24.6 Å². The van der Waals surface area contributed by atoms with Crippen LogP contribution in [0.3, 0.4) is 0 Å². The first kappa shape index (κ1) is 15.4. The van der Waals surface area contributed by atoms with E-state index in [9.17, 15) is 10.2 Å². The Morgan fingerprint density at radius 2 is 1.72 bits per heavy atom. The van der Waals surface area contributed by atoms with E-state index in [2.05, 4.69) is 25.4 Å². The number of rotatable bonds is 3. The molecule has 1 aromatic carbocycles. The molecule has 9 nitrogen and oxygen atoms in total. The molecular formula is C16H19N7O2. The molecule has 0 aliphatic heterocycles. The number of aromatic nitrogens is 5. The summed E-state index contributed by atoms with van der Waals surface area (Å²) < 4.78 is 1.34. The predicted molar refractivity (Wildman–Crippen MR) is 92.3 cm³/mol. The Hall–Kier alpha value is -3.10. The van der Waals surface area contributed by atoms with Crippen LogP contribution in [0.2, 0.25) is 0 Å². The van der Waals surface area contributed by atoms with E-state index in [4.69, 9.17) is 5.73 Å². The molecule has 5 N–H and O–H groups in total. The zero-order valence-electron chi connectivity index (χ0n) is 13.6. The average Bonchev–Trinajstić information content (AvgIpc) is 3.00. The summed E-state index contributed by atoms with van der Waals surface area (Å²) in [6, 6.07) is 4.50. The molecule has 25 heavy (non-hydrogen) atoms. The lowest BCUT2D eigenvalue weighted by Crippen LogP contribution is -2.24. The molecule has 4 rings (SSSR count). The topological polar surface area (TPSA) is 134 Å². The maximum absolute atomic E-state index is 9.63. The molecule has 1 fully saturated rings. The maximum Gasteiger partial charge on any atom is 0.259 e. The predicted octanol–water partition coefficient (Wildman–Crippen LogP) is 1.92. The maximum atomic E-state index is 9.63. The van der Waals surface area contributed by atoms with Gasteiger partial charge in [0.05, 0.1) is 0 Å². The highest BCUT2D eigenvalue weighted by Gasteiger charge is 2.17. The van der Waals surface area contributed by atoms with E-state index in [0.29, 0.717) is 29.2 Å². The van der Waals surface area contributed by atoms with Crippen LogP contribution >= 0.6 is 0 Å². The molecule has 3 aromatic rings. The molecule has 0 saturated heterocycles. The number of phenolic OH excluding ortho intramolecular Hbond substituents is 2. The second-order valence-corrected chi connectivity index (χ2v) is 6.27. The number of nitrogens with two attached hydrogens (primary N) is 1. The highest BCUT2D eigenvalue weighted by Crippen LogP contribution is 2.27. The summed E-state index contributed by atoms with van der Waals surface area (Å²) in [5.74, 6) is 1.06. The van der Waals surface area contributed by atoms with Crippen molar-refractivity contribution < 1.29 is 10.2 Å². The van der Waals surface area contributed by atoms with Crippen molar-refractivity contribution in [2.45, 2.75) is 38.1 Å². The number of nitrogens with zero attached hydrogens (tertiary/aromatic N) is 5. The Morgan fingerprint density at radius 1 is 1.00 bits per heavy atom. The molecule has 2 aromatic heterocycles. The van der Waals surface area contributed by atoms with Crippen LogP contribution in [0.15, 0.2) is 18.2 Å².